The summed E-state index contributed by atoms with van der Waals surface area (Å²) in [6.45, 7) is -1.76. The highest BCUT2D eigenvalue weighted by atomic mass is 19.3. The molecule has 2 amide bonds. The fourth-order valence-electron chi connectivity index (χ4n) is 2.91. The molecule has 2 saturated heterocycles. The Labute approximate surface area is 115 Å². The summed E-state index contributed by atoms with van der Waals surface area (Å²) in [5.41, 5.74) is 0. The summed E-state index contributed by atoms with van der Waals surface area (Å²) in [5.74, 6) is 0.0714. The van der Waals surface area contributed by atoms with Gasteiger partial charge in [-0.05, 0) is 25.7 Å². The number of halogens is 2. The third-order valence-electron chi connectivity index (χ3n) is 4.20. The predicted octanol–water partition coefficient (Wildman–Crippen LogP) is 0.837. The Hall–Kier alpha value is -1.24. The molecule has 3 aliphatic rings. The highest BCUT2D eigenvalue weighted by Gasteiger charge is 2.44. The summed E-state index contributed by atoms with van der Waals surface area (Å²) in [4.78, 5) is 27.6. The second-order valence-electron chi connectivity index (χ2n) is 5.73. The van der Waals surface area contributed by atoms with Crippen LogP contribution < -0.4 is 0 Å². The normalized spacial score (nSPS) is 27.1. The lowest BCUT2D eigenvalue weighted by molar-refractivity contribution is -0.200. The maximum atomic E-state index is 12.3. The molecule has 0 aromatic heterocycles. The molecule has 1 atom stereocenters. The fraction of sp³-hybridized carbons (Fsp3) is 0.846. The van der Waals surface area contributed by atoms with Gasteiger partial charge in [0.15, 0.2) is 0 Å². The molecule has 0 spiro atoms. The second kappa shape index (κ2) is 5.27. The zero-order valence-electron chi connectivity index (χ0n) is 11.1. The Morgan fingerprint density at radius 3 is 2.40 bits per heavy atom. The number of carbonyl (C=O) groups is 2. The van der Waals surface area contributed by atoms with E-state index in [-0.39, 0.29) is 30.8 Å². The van der Waals surface area contributed by atoms with E-state index in [4.69, 9.17) is 0 Å². The van der Waals surface area contributed by atoms with Gasteiger partial charge in [0.1, 0.15) is 6.04 Å². The highest BCUT2D eigenvalue weighted by Crippen LogP contribution is 2.34. The van der Waals surface area contributed by atoms with Crippen LogP contribution in [0.4, 0.5) is 8.78 Å². The number of amides is 2. The molecular weight excluding hydrogens is 270 g/mol. The molecule has 0 bridgehead atoms. The summed E-state index contributed by atoms with van der Waals surface area (Å²) in [6.07, 6.45) is 2.77. The third kappa shape index (κ3) is 2.63. The summed E-state index contributed by atoms with van der Waals surface area (Å²) >= 11 is 0. The lowest BCUT2D eigenvalue weighted by Crippen LogP contribution is -2.59. The van der Waals surface area contributed by atoms with Gasteiger partial charge in [-0.3, -0.25) is 9.59 Å². The van der Waals surface area contributed by atoms with Crippen LogP contribution in [-0.2, 0) is 14.3 Å². The number of hydrogen-bond donors (Lipinski definition) is 0. The molecule has 0 aromatic carbocycles. The van der Waals surface area contributed by atoms with E-state index in [0.717, 1.165) is 19.3 Å². The first-order valence-corrected chi connectivity index (χ1v) is 7.09. The minimum Gasteiger partial charge on any atom is -0.336 e. The first-order valence-electron chi connectivity index (χ1n) is 7.09. The minimum absolute atomic E-state index is 0.0850. The number of alkyl halides is 2. The van der Waals surface area contributed by atoms with E-state index in [0.29, 0.717) is 13.0 Å². The zero-order chi connectivity index (χ0) is 14.3. The van der Waals surface area contributed by atoms with E-state index in [1.165, 1.54) is 4.90 Å². The molecule has 2 aliphatic heterocycles. The van der Waals surface area contributed by atoms with Crippen molar-refractivity contribution in [1.82, 2.24) is 9.80 Å². The number of likely N-dealkylation sites (tertiary alicyclic amines) is 2. The van der Waals surface area contributed by atoms with Crippen molar-refractivity contribution >= 4 is 11.8 Å². The van der Waals surface area contributed by atoms with E-state index in [9.17, 15) is 18.4 Å². The quantitative estimate of drug-likeness (QED) is 0.770. The average molecular weight is 288 g/mol. The van der Waals surface area contributed by atoms with Crippen LogP contribution in [-0.4, -0.2) is 60.0 Å². The van der Waals surface area contributed by atoms with Gasteiger partial charge in [0.05, 0.1) is 6.10 Å². The molecule has 112 valence electrons. The van der Waals surface area contributed by atoms with Crippen molar-refractivity contribution in [2.75, 3.05) is 19.6 Å². The molecule has 3 rings (SSSR count). The standard InChI is InChI=1S/C13H18F2N2O3/c14-13(15)20-9-6-16(7-9)12(19)10-2-1-5-17(10)11(18)8-3-4-8/h8-10,13H,1-7H2/t10-/m0/s1. The van der Waals surface area contributed by atoms with Gasteiger partial charge in [-0.2, -0.15) is 8.78 Å². The minimum atomic E-state index is -2.79. The van der Waals surface area contributed by atoms with Crippen LogP contribution >= 0.6 is 0 Å². The van der Waals surface area contributed by atoms with Gasteiger partial charge in [0, 0.05) is 25.6 Å². The Morgan fingerprint density at radius 2 is 1.80 bits per heavy atom. The first kappa shape index (κ1) is 13.7. The Balaban J connectivity index is 1.53. The molecule has 7 heteroatoms. The molecule has 0 unspecified atom stereocenters. The van der Waals surface area contributed by atoms with E-state index in [1.807, 2.05) is 0 Å². The number of nitrogens with zero attached hydrogens (tertiary/aromatic N) is 2. The van der Waals surface area contributed by atoms with Crippen LogP contribution in [0.2, 0.25) is 0 Å². The van der Waals surface area contributed by atoms with Crippen molar-refractivity contribution in [2.24, 2.45) is 5.92 Å². The van der Waals surface area contributed by atoms with Crippen molar-refractivity contribution in [2.45, 2.75) is 44.4 Å². The average Bonchev–Trinajstić information content (AvgIpc) is 3.08. The van der Waals surface area contributed by atoms with Crippen LogP contribution in [0.3, 0.4) is 0 Å². The Bertz CT molecular complexity index is 408. The summed E-state index contributed by atoms with van der Waals surface area (Å²) in [7, 11) is 0. The van der Waals surface area contributed by atoms with E-state index >= 15 is 0 Å². The van der Waals surface area contributed by atoms with Crippen molar-refractivity contribution in [3.05, 3.63) is 0 Å². The van der Waals surface area contributed by atoms with E-state index in [2.05, 4.69) is 4.74 Å². The third-order valence-corrected chi connectivity index (χ3v) is 4.20. The van der Waals surface area contributed by atoms with Gasteiger partial charge >= 0.3 is 6.61 Å². The topological polar surface area (TPSA) is 49.9 Å². The van der Waals surface area contributed by atoms with Crippen LogP contribution in [0, 0.1) is 5.92 Å². The molecule has 1 aliphatic carbocycles. The molecule has 1 saturated carbocycles. The van der Waals surface area contributed by atoms with Crippen LogP contribution in [0.5, 0.6) is 0 Å². The molecule has 20 heavy (non-hydrogen) atoms. The molecule has 3 fully saturated rings. The van der Waals surface area contributed by atoms with Gasteiger partial charge in [-0.25, -0.2) is 0 Å². The Morgan fingerprint density at radius 1 is 1.10 bits per heavy atom. The molecular formula is C13H18F2N2O3. The fourth-order valence-corrected chi connectivity index (χ4v) is 2.91. The van der Waals surface area contributed by atoms with Gasteiger partial charge in [0.25, 0.3) is 0 Å². The van der Waals surface area contributed by atoms with Gasteiger partial charge in [-0.15, -0.1) is 0 Å². The second-order valence-corrected chi connectivity index (χ2v) is 5.73. The van der Waals surface area contributed by atoms with Gasteiger partial charge in [0.2, 0.25) is 11.8 Å². The summed E-state index contributed by atoms with van der Waals surface area (Å²) in [6, 6.07) is -0.393. The molecule has 0 aromatic rings. The smallest absolute Gasteiger partial charge is 0.336 e. The maximum Gasteiger partial charge on any atom is 0.345 e. The van der Waals surface area contributed by atoms with Crippen LogP contribution in [0.1, 0.15) is 25.7 Å². The number of ether oxygens (including phenoxy) is 1. The number of hydrogen-bond acceptors (Lipinski definition) is 3. The van der Waals surface area contributed by atoms with Crippen molar-refractivity contribution in [3.8, 4) is 0 Å². The molecule has 2 heterocycles. The van der Waals surface area contributed by atoms with E-state index < -0.39 is 18.8 Å². The summed E-state index contributed by atoms with van der Waals surface area (Å²) in [5, 5.41) is 0. The largest absolute Gasteiger partial charge is 0.345 e. The lowest BCUT2D eigenvalue weighted by atomic mass is 10.1. The monoisotopic (exact) mass is 288 g/mol. The van der Waals surface area contributed by atoms with Crippen LogP contribution in [0.15, 0.2) is 0 Å². The molecule has 5 nitrogen and oxygen atoms in total. The Kier molecular flexibility index (Phi) is 3.62. The van der Waals surface area contributed by atoms with Gasteiger partial charge < -0.3 is 14.5 Å². The lowest BCUT2D eigenvalue weighted by Gasteiger charge is -2.41. The molecule has 0 N–H and O–H groups in total. The molecule has 0 radical (unpaired) electrons. The SMILES string of the molecule is O=C([C@@H]1CCCN1C(=O)C1CC1)N1CC(OC(F)F)C1. The zero-order valence-corrected chi connectivity index (χ0v) is 11.1. The van der Waals surface area contributed by atoms with E-state index in [1.54, 1.807) is 4.90 Å². The van der Waals surface area contributed by atoms with Crippen molar-refractivity contribution in [3.63, 3.8) is 0 Å². The number of rotatable bonds is 4. The summed E-state index contributed by atoms with van der Waals surface area (Å²) < 4.78 is 28.4. The van der Waals surface area contributed by atoms with Crippen LogP contribution in [0.25, 0.3) is 0 Å². The van der Waals surface area contributed by atoms with Crippen molar-refractivity contribution < 1.29 is 23.1 Å². The first-order chi connectivity index (χ1) is 9.56. The number of carbonyl (C=O) groups excluding carboxylic acids is 2. The van der Waals surface area contributed by atoms with Gasteiger partial charge in [-0.1, -0.05) is 0 Å². The maximum absolute atomic E-state index is 12.3. The van der Waals surface area contributed by atoms with Crippen molar-refractivity contribution in [1.29, 1.82) is 0 Å². The highest BCUT2D eigenvalue weighted by molar-refractivity contribution is 5.90. The predicted molar refractivity (Wildman–Crippen MR) is 64.9 cm³/mol.